The average Bonchev–Trinajstić information content (AvgIpc) is 0.715. The van der Waals surface area contributed by atoms with Gasteiger partial charge in [0.2, 0.25) is 21.7 Å². The molecule has 4 unspecified atom stereocenters. The third kappa shape index (κ3) is 19.6. The molecule has 0 aromatic heterocycles. The molecule has 0 spiro atoms. The third-order valence-corrected chi connectivity index (χ3v) is 15.7. The Bertz CT molecular complexity index is 2510. The van der Waals surface area contributed by atoms with Crippen molar-refractivity contribution in [1.29, 1.82) is 0 Å². The summed E-state index contributed by atoms with van der Waals surface area (Å²) in [4.78, 5) is 229. The number of carbonyl (C=O) groups excluding carboxylic acids is 9. The zero-order chi connectivity index (χ0) is 69.4. The Balaban J connectivity index is 3.66. The lowest BCUT2D eigenvalue weighted by molar-refractivity contribution is -0.357. The predicted octanol–water partition coefficient (Wildman–Crippen LogP) is 12.4. The molecule has 2 aliphatic carbocycles. The van der Waals surface area contributed by atoms with Gasteiger partial charge < -0.3 is 0 Å². The van der Waals surface area contributed by atoms with Gasteiger partial charge in [0.25, 0.3) is 0 Å². The molecule has 0 bridgehead atoms. The number of allylic oxidation sites excluding steroid dienone is 4. The Kier molecular flexibility index (Phi) is 28.1. The van der Waals surface area contributed by atoms with Gasteiger partial charge in [0.1, 0.15) is 44.8 Å². The van der Waals surface area contributed by atoms with E-state index in [0.717, 1.165) is 12.2 Å². The van der Waals surface area contributed by atoms with E-state index in [2.05, 4.69) is 0 Å². The zero-order valence-electron chi connectivity index (χ0n) is 57.7. The van der Waals surface area contributed by atoms with E-state index in [1.807, 2.05) is 0 Å². The van der Waals surface area contributed by atoms with E-state index in [-0.39, 0.29) is 51.4 Å². The highest BCUT2D eigenvalue weighted by molar-refractivity contribution is 6.23. The van der Waals surface area contributed by atoms with Crippen LogP contribution in [-0.2, 0) is 121 Å². The standard InChI is InChI=1S/C65H102O25/c1-25-35-58(17,18)87-77-48(69)62(46(67)75-83-54(9,10)29-5)39-33-43(41-64(62,50(71)79-85-56(13,14)31-7)52(73)81-89-60(21,22)37-27-3)45(66)44-34-40-63(47(68)76-84-55(11,12)30-6,49(70)78-88-59(19,20)36-26-2)65(42-44,51(72)80-86-57(15,16)32-8)53(74)82-90-61(23,24)38-28-4/h33-34,39-42H,25-32,35-38H2,1-24H3. The molecule has 0 aliphatic heterocycles. The molecule has 0 fully saturated rings. The average molecular weight is 1280 g/mol. The fraction of sp³-hybridized carbons (Fsp3) is 0.738. The van der Waals surface area contributed by atoms with Crippen molar-refractivity contribution >= 4 is 53.5 Å². The van der Waals surface area contributed by atoms with Crippen LogP contribution in [0.25, 0.3) is 0 Å². The molecule has 0 saturated carbocycles. The molecular weight excluding hydrogens is 1180 g/mol. The van der Waals surface area contributed by atoms with Crippen LogP contribution in [0.3, 0.4) is 0 Å². The molecule has 0 heterocycles. The SMILES string of the molecule is CCCC(C)(C)OOC(=O)C1(C(=O)OOC(C)(C)CC)C=CC(C(=O)C2=CC(C(=O)OOC(C)(C)CC)(C(=O)OOC(C)(C)CCC)C(C(=O)OOC(C)(C)CC)(C(=O)OOC(C)(C)CCC)C=C2)=CC1(C(=O)OOC(C)(C)CC)C(=O)OOC(C)(C)CCC. The van der Waals surface area contributed by atoms with E-state index in [0.29, 0.717) is 50.0 Å². The Morgan fingerprint density at radius 2 is 0.444 bits per heavy atom. The Labute approximate surface area is 530 Å². The lowest BCUT2D eigenvalue weighted by Gasteiger charge is -2.41. The summed E-state index contributed by atoms with van der Waals surface area (Å²) < 4.78 is 0. The minimum absolute atomic E-state index is 0.143. The van der Waals surface area contributed by atoms with Gasteiger partial charge in [-0.15, -0.1) is 0 Å². The molecule has 0 saturated heterocycles. The first-order valence-electron chi connectivity index (χ1n) is 30.9. The van der Waals surface area contributed by atoms with Crippen molar-refractivity contribution in [1.82, 2.24) is 0 Å². The monoisotopic (exact) mass is 1280 g/mol. The molecule has 0 amide bonds. The van der Waals surface area contributed by atoms with Gasteiger partial charge in [0.15, 0.2) is 5.78 Å². The second-order valence-electron chi connectivity index (χ2n) is 27.6. The van der Waals surface area contributed by atoms with E-state index in [4.69, 9.17) is 78.2 Å². The van der Waals surface area contributed by atoms with Crippen LogP contribution in [0.2, 0.25) is 0 Å². The molecule has 0 radical (unpaired) electrons. The number of rotatable bonds is 38. The Morgan fingerprint density at radius 1 is 0.278 bits per heavy atom. The van der Waals surface area contributed by atoms with E-state index >= 15 is 43.2 Å². The Hall–Kier alpha value is -5.93. The largest absolute Gasteiger partial charge is 0.365 e. The summed E-state index contributed by atoms with van der Waals surface area (Å²) in [6.45, 7) is 38.0. The van der Waals surface area contributed by atoms with E-state index < -0.39 is 131 Å². The van der Waals surface area contributed by atoms with Crippen LogP contribution in [0.5, 0.6) is 0 Å². The summed E-state index contributed by atoms with van der Waals surface area (Å²) in [7, 11) is 0. The summed E-state index contributed by atoms with van der Waals surface area (Å²) >= 11 is 0. The summed E-state index contributed by atoms with van der Waals surface area (Å²) in [5.74, 6) is -16.5. The summed E-state index contributed by atoms with van der Waals surface area (Å²) in [5.41, 5.74) is -27.0. The zero-order valence-corrected chi connectivity index (χ0v) is 57.7. The second-order valence-corrected chi connectivity index (χ2v) is 27.6. The molecule has 90 heavy (non-hydrogen) atoms. The lowest BCUT2D eigenvalue weighted by atomic mass is 9.58. The fourth-order valence-corrected chi connectivity index (χ4v) is 8.60. The molecule has 512 valence electrons. The van der Waals surface area contributed by atoms with Gasteiger partial charge in [-0.05, 0) is 174 Å². The van der Waals surface area contributed by atoms with Crippen LogP contribution in [0.1, 0.15) is 243 Å². The first-order chi connectivity index (χ1) is 41.3. The van der Waals surface area contributed by atoms with Gasteiger partial charge in [-0.1, -0.05) is 105 Å². The van der Waals surface area contributed by atoms with Crippen LogP contribution < -0.4 is 0 Å². The highest BCUT2D eigenvalue weighted by Gasteiger charge is 2.77. The Morgan fingerprint density at radius 3 is 0.611 bits per heavy atom. The van der Waals surface area contributed by atoms with Crippen LogP contribution in [0.4, 0.5) is 0 Å². The first-order valence-corrected chi connectivity index (χ1v) is 30.9. The van der Waals surface area contributed by atoms with Crippen LogP contribution >= 0.6 is 0 Å². The van der Waals surface area contributed by atoms with Gasteiger partial charge in [0, 0.05) is 11.1 Å². The predicted molar refractivity (Wildman–Crippen MR) is 320 cm³/mol. The van der Waals surface area contributed by atoms with E-state index in [1.165, 1.54) is 111 Å². The number of hydrogen-bond acceptors (Lipinski definition) is 25. The van der Waals surface area contributed by atoms with Gasteiger partial charge in [-0.2, -0.15) is 39.1 Å². The maximum Gasteiger partial charge on any atom is 0.365 e. The van der Waals surface area contributed by atoms with E-state index in [1.54, 1.807) is 55.4 Å². The number of Topliss-reactive ketones (excluding diaryl/α,β-unsaturated/α-hetero) is 1. The number of hydrogen-bond donors (Lipinski definition) is 0. The normalized spacial score (nSPS) is 20.8. The van der Waals surface area contributed by atoms with Crippen molar-refractivity contribution in [2.75, 3.05) is 0 Å². The lowest BCUT2D eigenvalue weighted by Crippen LogP contribution is -2.63. The fourth-order valence-electron chi connectivity index (χ4n) is 8.60. The van der Waals surface area contributed by atoms with Gasteiger partial charge in [-0.3, -0.25) is 43.9 Å². The smallest absolute Gasteiger partial charge is 0.296 e. The molecule has 4 atom stereocenters. The van der Waals surface area contributed by atoms with Crippen LogP contribution in [0, 0.1) is 21.7 Å². The van der Waals surface area contributed by atoms with Crippen molar-refractivity contribution in [3.63, 3.8) is 0 Å². The molecule has 2 rings (SSSR count). The molecule has 25 heteroatoms. The summed E-state index contributed by atoms with van der Waals surface area (Å²) in [6, 6.07) is 0. The maximum atomic E-state index is 16.0. The first kappa shape index (κ1) is 80.2. The molecule has 0 aromatic rings. The maximum absolute atomic E-state index is 16.0. The molecule has 0 N–H and O–H groups in total. The number of carbonyl (C=O) groups is 9. The van der Waals surface area contributed by atoms with Gasteiger partial charge in [-0.25, -0.2) is 38.4 Å². The van der Waals surface area contributed by atoms with Crippen molar-refractivity contribution in [2.45, 2.75) is 288 Å². The topological polar surface area (TPSA) is 301 Å². The van der Waals surface area contributed by atoms with Crippen LogP contribution in [0.15, 0.2) is 47.6 Å². The highest BCUT2D eigenvalue weighted by atomic mass is 17.3. The van der Waals surface area contributed by atoms with Crippen LogP contribution in [-0.4, -0.2) is 98.3 Å². The molecule has 25 nitrogen and oxygen atoms in total. The summed E-state index contributed by atoms with van der Waals surface area (Å²) in [5, 5.41) is 0. The summed E-state index contributed by atoms with van der Waals surface area (Å²) in [6.07, 6.45) is 7.11. The number of ketones is 1. The van der Waals surface area contributed by atoms with Crippen molar-refractivity contribution < 1.29 is 121 Å². The quantitative estimate of drug-likeness (QED) is 0.0315. The molecular formula is C65H102O25. The molecule has 0 aromatic carbocycles. The second kappa shape index (κ2) is 31.6. The third-order valence-electron chi connectivity index (χ3n) is 15.7. The molecule has 2 aliphatic rings. The van der Waals surface area contributed by atoms with Crippen molar-refractivity contribution in [3.8, 4) is 0 Å². The minimum atomic E-state index is -3.74. The van der Waals surface area contributed by atoms with Crippen molar-refractivity contribution in [2.24, 2.45) is 21.7 Å². The van der Waals surface area contributed by atoms with E-state index in [9.17, 15) is 0 Å². The highest BCUT2D eigenvalue weighted by Crippen LogP contribution is 2.54. The van der Waals surface area contributed by atoms with Gasteiger partial charge >= 0.3 is 47.8 Å². The van der Waals surface area contributed by atoms with Crippen molar-refractivity contribution in [3.05, 3.63) is 47.6 Å². The minimum Gasteiger partial charge on any atom is -0.296 e. The van der Waals surface area contributed by atoms with Gasteiger partial charge in [0.05, 0.1) is 0 Å².